The van der Waals surface area contributed by atoms with Crippen molar-refractivity contribution >= 4 is 27.5 Å². The van der Waals surface area contributed by atoms with Gasteiger partial charge in [-0.3, -0.25) is 9.52 Å². The summed E-state index contributed by atoms with van der Waals surface area (Å²) in [5.41, 5.74) is 0.634. The molecule has 0 heterocycles. The third-order valence-electron chi connectivity index (χ3n) is 3.52. The predicted octanol–water partition coefficient (Wildman–Crippen LogP) is 2.64. The van der Waals surface area contributed by atoms with Crippen molar-refractivity contribution in [2.45, 2.75) is 26.1 Å². The zero-order valence-electron chi connectivity index (χ0n) is 15.2. The van der Waals surface area contributed by atoms with Crippen LogP contribution < -0.4 is 9.46 Å². The first-order valence-electron chi connectivity index (χ1n) is 8.20. The third kappa shape index (κ3) is 6.41. The Morgan fingerprint density at radius 3 is 2.07 bits per heavy atom. The second-order valence-corrected chi connectivity index (χ2v) is 7.72. The molecule has 0 aliphatic carbocycles. The molecule has 27 heavy (non-hydrogen) atoms. The topological polar surface area (TPSA) is 98.8 Å². The van der Waals surface area contributed by atoms with E-state index in [1.54, 1.807) is 24.3 Å². The molecule has 0 aliphatic heterocycles. The van der Waals surface area contributed by atoms with E-state index in [0.717, 1.165) is 6.26 Å². The molecule has 2 aromatic rings. The van der Waals surface area contributed by atoms with Crippen LogP contribution in [-0.4, -0.2) is 38.6 Å². The Kier molecular flexibility index (Phi) is 6.57. The predicted molar refractivity (Wildman–Crippen MR) is 101 cm³/mol. The van der Waals surface area contributed by atoms with E-state index in [0.29, 0.717) is 17.0 Å². The number of esters is 1. The van der Waals surface area contributed by atoms with Gasteiger partial charge in [0.25, 0.3) is 0 Å². The quantitative estimate of drug-likeness (QED) is 0.549. The van der Waals surface area contributed by atoms with Crippen molar-refractivity contribution in [3.63, 3.8) is 0 Å². The Morgan fingerprint density at radius 2 is 1.52 bits per heavy atom. The number of hydrogen-bond donors (Lipinski definition) is 1. The van der Waals surface area contributed by atoms with E-state index in [4.69, 9.17) is 9.47 Å². The highest BCUT2D eigenvalue weighted by molar-refractivity contribution is 7.92. The second-order valence-electron chi connectivity index (χ2n) is 5.97. The van der Waals surface area contributed by atoms with E-state index >= 15 is 0 Å². The van der Waals surface area contributed by atoms with Crippen LogP contribution in [0.5, 0.6) is 5.75 Å². The monoisotopic (exact) mass is 391 g/mol. The van der Waals surface area contributed by atoms with Crippen LogP contribution >= 0.6 is 0 Å². The number of ether oxygens (including phenoxy) is 2. The van der Waals surface area contributed by atoms with Crippen LogP contribution in [0.25, 0.3) is 0 Å². The molecule has 8 heteroatoms. The number of sulfonamides is 1. The molecule has 0 fully saturated rings. The molecule has 7 nitrogen and oxygen atoms in total. The second kappa shape index (κ2) is 8.68. The number of para-hydroxylation sites is 1. The van der Waals surface area contributed by atoms with Crippen molar-refractivity contribution in [1.29, 1.82) is 0 Å². The average Bonchev–Trinajstić information content (AvgIpc) is 2.61. The van der Waals surface area contributed by atoms with E-state index in [2.05, 4.69) is 4.72 Å². The van der Waals surface area contributed by atoms with Crippen LogP contribution in [0.2, 0.25) is 0 Å². The maximum absolute atomic E-state index is 12.4. The van der Waals surface area contributed by atoms with Gasteiger partial charge in [0.2, 0.25) is 15.8 Å². The summed E-state index contributed by atoms with van der Waals surface area (Å²) in [4.78, 5) is 24.5. The van der Waals surface area contributed by atoms with Crippen LogP contribution in [-0.2, 0) is 19.6 Å². The van der Waals surface area contributed by atoms with Gasteiger partial charge in [-0.1, -0.05) is 18.2 Å². The number of nitrogens with one attached hydrogen (secondary N) is 1. The van der Waals surface area contributed by atoms with Gasteiger partial charge in [0.1, 0.15) is 5.75 Å². The Balaban J connectivity index is 1.95. The smallest absolute Gasteiger partial charge is 0.347 e. The molecule has 144 valence electrons. The normalized spacial score (nSPS) is 13.3. The highest BCUT2D eigenvalue weighted by Gasteiger charge is 2.24. The molecule has 0 saturated heterocycles. The largest absolute Gasteiger partial charge is 0.479 e. The lowest BCUT2D eigenvalue weighted by molar-refractivity contribution is -0.153. The summed E-state index contributed by atoms with van der Waals surface area (Å²) >= 11 is 0. The lowest BCUT2D eigenvalue weighted by atomic mass is 10.1. The van der Waals surface area contributed by atoms with E-state index < -0.39 is 34.0 Å². The average molecular weight is 391 g/mol. The lowest BCUT2D eigenvalue weighted by Crippen LogP contribution is -2.32. The Morgan fingerprint density at radius 1 is 0.926 bits per heavy atom. The molecule has 0 spiro atoms. The minimum atomic E-state index is -3.40. The van der Waals surface area contributed by atoms with Crippen LogP contribution in [0, 0.1) is 0 Å². The molecule has 2 rings (SSSR count). The van der Waals surface area contributed by atoms with Gasteiger partial charge in [-0.2, -0.15) is 0 Å². The molecule has 0 radical (unpaired) electrons. The highest BCUT2D eigenvalue weighted by Crippen LogP contribution is 2.15. The van der Waals surface area contributed by atoms with Crippen molar-refractivity contribution in [2.75, 3.05) is 11.0 Å². The number of hydrogen-bond acceptors (Lipinski definition) is 6. The molecule has 2 atom stereocenters. The van der Waals surface area contributed by atoms with E-state index in [1.165, 1.54) is 38.1 Å². The number of ketones is 1. The van der Waals surface area contributed by atoms with Crippen LogP contribution in [0.15, 0.2) is 54.6 Å². The van der Waals surface area contributed by atoms with Crippen molar-refractivity contribution in [3.05, 3.63) is 60.2 Å². The van der Waals surface area contributed by atoms with E-state index in [9.17, 15) is 18.0 Å². The SMILES string of the molecule is C[C@H](OC(=O)[C@@H](C)Oc1ccccc1)C(=O)c1ccc(NS(C)(=O)=O)cc1. The van der Waals surface area contributed by atoms with Gasteiger partial charge in [-0.05, 0) is 50.2 Å². The van der Waals surface area contributed by atoms with Gasteiger partial charge < -0.3 is 9.47 Å². The molecule has 0 aliphatic rings. The highest BCUT2D eigenvalue weighted by atomic mass is 32.2. The first-order valence-corrected chi connectivity index (χ1v) is 10.1. The molecule has 0 saturated carbocycles. The number of Topliss-reactive ketones (excluding diaryl/α,β-unsaturated/α-hetero) is 1. The minimum Gasteiger partial charge on any atom is -0.479 e. The number of anilines is 1. The summed E-state index contributed by atoms with van der Waals surface area (Å²) in [6.45, 7) is 3.01. The van der Waals surface area contributed by atoms with E-state index in [1.807, 2.05) is 6.07 Å². The zero-order chi connectivity index (χ0) is 20.0. The summed E-state index contributed by atoms with van der Waals surface area (Å²) < 4.78 is 35.4. The molecule has 0 bridgehead atoms. The van der Waals surface area contributed by atoms with Gasteiger partial charge in [0, 0.05) is 11.3 Å². The zero-order valence-corrected chi connectivity index (χ0v) is 16.0. The number of carbonyl (C=O) groups excluding carboxylic acids is 2. The van der Waals surface area contributed by atoms with Gasteiger partial charge >= 0.3 is 5.97 Å². The first-order chi connectivity index (χ1) is 12.7. The number of benzene rings is 2. The summed E-state index contributed by atoms with van der Waals surface area (Å²) in [6.07, 6.45) is -0.844. The Hall–Kier alpha value is -2.87. The molecule has 0 unspecified atom stereocenters. The Bertz CT molecular complexity index is 894. The van der Waals surface area contributed by atoms with Crippen molar-refractivity contribution in [2.24, 2.45) is 0 Å². The standard InChI is InChI=1S/C19H21NO6S/c1-13(26-19(22)14(2)25-17-7-5-4-6-8-17)18(21)15-9-11-16(12-10-15)20-27(3,23)24/h4-14,20H,1-3H3/t13-,14+/m0/s1. The van der Waals surface area contributed by atoms with Crippen LogP contribution in [0.4, 0.5) is 5.69 Å². The summed E-state index contributed by atoms with van der Waals surface area (Å²) in [6, 6.07) is 14.7. The van der Waals surface area contributed by atoms with Gasteiger partial charge in [-0.25, -0.2) is 13.2 Å². The summed E-state index contributed by atoms with van der Waals surface area (Å²) in [5.74, 6) is -0.536. The molecule has 1 N–H and O–H groups in total. The first kappa shape index (κ1) is 20.4. The fourth-order valence-corrected chi connectivity index (χ4v) is 2.79. The van der Waals surface area contributed by atoms with Crippen LogP contribution in [0.1, 0.15) is 24.2 Å². The lowest BCUT2D eigenvalue weighted by Gasteiger charge is -2.17. The molecule has 0 amide bonds. The van der Waals surface area contributed by atoms with Gasteiger partial charge in [0.05, 0.1) is 6.26 Å². The van der Waals surface area contributed by atoms with Crippen molar-refractivity contribution in [1.82, 2.24) is 0 Å². The molecule has 2 aromatic carbocycles. The van der Waals surface area contributed by atoms with Gasteiger partial charge in [0.15, 0.2) is 12.2 Å². The minimum absolute atomic E-state index is 0.297. The molecular formula is C19H21NO6S. The number of rotatable bonds is 8. The van der Waals surface area contributed by atoms with Gasteiger partial charge in [-0.15, -0.1) is 0 Å². The van der Waals surface area contributed by atoms with Crippen LogP contribution in [0.3, 0.4) is 0 Å². The summed E-state index contributed by atoms with van der Waals surface area (Å²) in [5, 5.41) is 0. The van der Waals surface area contributed by atoms with Crippen molar-refractivity contribution < 1.29 is 27.5 Å². The molecule has 0 aromatic heterocycles. The third-order valence-corrected chi connectivity index (χ3v) is 4.13. The Labute approximate surface area is 158 Å². The van der Waals surface area contributed by atoms with E-state index in [-0.39, 0.29) is 0 Å². The number of carbonyl (C=O) groups is 2. The molecular weight excluding hydrogens is 370 g/mol. The fourth-order valence-electron chi connectivity index (χ4n) is 2.23. The fraction of sp³-hybridized carbons (Fsp3) is 0.263. The maximum atomic E-state index is 12.4. The maximum Gasteiger partial charge on any atom is 0.347 e. The van der Waals surface area contributed by atoms with Crippen molar-refractivity contribution in [3.8, 4) is 5.75 Å². The summed E-state index contributed by atoms with van der Waals surface area (Å²) in [7, 11) is -3.40.